The molecule has 0 bridgehead atoms. The van der Waals surface area contributed by atoms with Crippen molar-refractivity contribution in [1.82, 2.24) is 0 Å². The lowest BCUT2D eigenvalue weighted by molar-refractivity contribution is -0.151. The first-order valence-electron chi connectivity index (χ1n) is 8.83. The molecule has 0 aliphatic heterocycles. The second kappa shape index (κ2) is 8.05. The predicted molar refractivity (Wildman–Crippen MR) is 103 cm³/mol. The van der Waals surface area contributed by atoms with Crippen LogP contribution in [0.25, 0.3) is 5.57 Å². The summed E-state index contributed by atoms with van der Waals surface area (Å²) >= 11 is 6.25. The van der Waals surface area contributed by atoms with Gasteiger partial charge in [0.05, 0.1) is 6.61 Å². The zero-order valence-electron chi connectivity index (χ0n) is 15.2. The standard InChI is InChI=1S/C22H20ClFO3/c1-3-27-22(26)21-18(17-9-8-16(24)12-19(17)23)10-15(11-20(21)25)14-6-4-13(2)5-7-14/h4-9,11-12,18,21H,3,10H2,1-2H3/t18-,21+/m1/s1. The zero-order valence-corrected chi connectivity index (χ0v) is 15.9. The average molecular weight is 387 g/mol. The van der Waals surface area contributed by atoms with Crippen molar-refractivity contribution in [2.45, 2.75) is 26.2 Å². The average Bonchev–Trinajstić information content (AvgIpc) is 2.62. The number of carbonyl (C=O) groups is 2. The first kappa shape index (κ1) is 19.3. The molecule has 3 rings (SSSR count). The number of halogens is 2. The topological polar surface area (TPSA) is 43.4 Å². The summed E-state index contributed by atoms with van der Waals surface area (Å²) in [6.07, 6.45) is 1.95. The quantitative estimate of drug-likeness (QED) is 0.542. The summed E-state index contributed by atoms with van der Waals surface area (Å²) in [7, 11) is 0. The molecule has 5 heteroatoms. The molecule has 0 unspecified atom stereocenters. The molecule has 0 spiro atoms. The van der Waals surface area contributed by atoms with Crippen LogP contribution in [-0.2, 0) is 14.3 Å². The van der Waals surface area contributed by atoms with Crippen LogP contribution in [0.15, 0.2) is 48.5 Å². The fraction of sp³-hybridized carbons (Fsp3) is 0.273. The summed E-state index contributed by atoms with van der Waals surface area (Å²) in [5.41, 5.74) is 3.43. The molecule has 27 heavy (non-hydrogen) atoms. The van der Waals surface area contributed by atoms with Gasteiger partial charge in [0.25, 0.3) is 0 Å². The monoisotopic (exact) mass is 386 g/mol. The Balaban J connectivity index is 2.05. The molecule has 0 heterocycles. The van der Waals surface area contributed by atoms with Crippen LogP contribution in [0, 0.1) is 18.7 Å². The van der Waals surface area contributed by atoms with Crippen molar-refractivity contribution in [1.29, 1.82) is 0 Å². The molecule has 140 valence electrons. The minimum absolute atomic E-state index is 0.182. The van der Waals surface area contributed by atoms with Crippen LogP contribution in [0.2, 0.25) is 5.02 Å². The molecule has 3 nitrogen and oxygen atoms in total. The van der Waals surface area contributed by atoms with Crippen LogP contribution in [0.4, 0.5) is 4.39 Å². The number of aryl methyl sites for hydroxylation is 1. The van der Waals surface area contributed by atoms with E-state index in [-0.39, 0.29) is 17.4 Å². The van der Waals surface area contributed by atoms with E-state index in [4.69, 9.17) is 16.3 Å². The molecule has 0 saturated carbocycles. The molecule has 2 aromatic rings. The second-order valence-corrected chi connectivity index (χ2v) is 7.05. The van der Waals surface area contributed by atoms with Crippen LogP contribution in [0.3, 0.4) is 0 Å². The summed E-state index contributed by atoms with van der Waals surface area (Å²) in [5, 5.41) is 0.201. The van der Waals surface area contributed by atoms with E-state index in [9.17, 15) is 14.0 Å². The van der Waals surface area contributed by atoms with Gasteiger partial charge in [0.1, 0.15) is 11.7 Å². The van der Waals surface area contributed by atoms with E-state index < -0.39 is 23.6 Å². The largest absolute Gasteiger partial charge is 0.465 e. The van der Waals surface area contributed by atoms with Crippen molar-refractivity contribution >= 4 is 28.9 Å². The van der Waals surface area contributed by atoms with E-state index in [1.54, 1.807) is 13.0 Å². The number of hydrogen-bond acceptors (Lipinski definition) is 3. The molecule has 0 fully saturated rings. The van der Waals surface area contributed by atoms with Crippen molar-refractivity contribution in [2.24, 2.45) is 5.92 Å². The van der Waals surface area contributed by atoms with Crippen LogP contribution < -0.4 is 0 Å². The number of ether oxygens (including phenoxy) is 1. The highest BCUT2D eigenvalue weighted by Gasteiger charge is 2.40. The fourth-order valence-corrected chi connectivity index (χ4v) is 3.75. The molecule has 0 aromatic heterocycles. The van der Waals surface area contributed by atoms with E-state index in [1.807, 2.05) is 31.2 Å². The van der Waals surface area contributed by atoms with Gasteiger partial charge in [-0.3, -0.25) is 9.59 Å². The van der Waals surface area contributed by atoms with Gasteiger partial charge in [-0.25, -0.2) is 4.39 Å². The Labute approximate surface area is 162 Å². The third kappa shape index (κ3) is 4.11. The minimum atomic E-state index is -0.984. The number of esters is 1. The number of hydrogen-bond donors (Lipinski definition) is 0. The smallest absolute Gasteiger partial charge is 0.317 e. The third-order valence-corrected chi connectivity index (χ3v) is 5.12. The summed E-state index contributed by atoms with van der Waals surface area (Å²) in [5.74, 6) is -2.85. The van der Waals surface area contributed by atoms with Crippen molar-refractivity contribution < 1.29 is 18.7 Å². The Bertz CT molecular complexity index is 902. The Hall–Kier alpha value is -2.46. The fourth-order valence-electron chi connectivity index (χ4n) is 3.45. The van der Waals surface area contributed by atoms with E-state index >= 15 is 0 Å². The Morgan fingerprint density at radius 3 is 2.56 bits per heavy atom. The third-order valence-electron chi connectivity index (χ3n) is 4.79. The number of ketones is 1. The van der Waals surface area contributed by atoms with Crippen molar-refractivity contribution in [3.8, 4) is 0 Å². The maximum Gasteiger partial charge on any atom is 0.317 e. The normalized spacial score (nSPS) is 19.6. The molecule has 0 N–H and O–H groups in total. The lowest BCUT2D eigenvalue weighted by Gasteiger charge is -2.30. The van der Waals surface area contributed by atoms with Gasteiger partial charge in [0.15, 0.2) is 5.78 Å². The van der Waals surface area contributed by atoms with Gasteiger partial charge >= 0.3 is 5.97 Å². The first-order chi connectivity index (χ1) is 12.9. The molecule has 0 radical (unpaired) electrons. The van der Waals surface area contributed by atoms with Gasteiger partial charge in [0, 0.05) is 10.9 Å². The maximum atomic E-state index is 13.5. The summed E-state index contributed by atoms with van der Waals surface area (Å²) < 4.78 is 18.6. The molecule has 2 aromatic carbocycles. The number of rotatable bonds is 4. The van der Waals surface area contributed by atoms with Crippen LogP contribution in [0.5, 0.6) is 0 Å². The summed E-state index contributed by atoms with van der Waals surface area (Å²) in [6, 6.07) is 11.9. The number of benzene rings is 2. The highest BCUT2D eigenvalue weighted by molar-refractivity contribution is 6.31. The Morgan fingerprint density at radius 2 is 1.93 bits per heavy atom. The predicted octanol–water partition coefficient (Wildman–Crippen LogP) is 5.11. The highest BCUT2D eigenvalue weighted by atomic mass is 35.5. The van der Waals surface area contributed by atoms with Crippen LogP contribution in [-0.4, -0.2) is 18.4 Å². The summed E-state index contributed by atoms with van der Waals surface area (Å²) in [6.45, 7) is 3.86. The molecular weight excluding hydrogens is 367 g/mol. The van der Waals surface area contributed by atoms with Gasteiger partial charge in [-0.2, -0.15) is 0 Å². The highest BCUT2D eigenvalue weighted by Crippen LogP contribution is 2.42. The van der Waals surface area contributed by atoms with Crippen molar-refractivity contribution in [2.75, 3.05) is 6.61 Å². The van der Waals surface area contributed by atoms with E-state index in [2.05, 4.69) is 0 Å². The van der Waals surface area contributed by atoms with Gasteiger partial charge in [-0.15, -0.1) is 0 Å². The van der Waals surface area contributed by atoms with E-state index in [1.165, 1.54) is 18.2 Å². The Morgan fingerprint density at radius 1 is 1.22 bits per heavy atom. The molecular formula is C22H20ClFO3. The lowest BCUT2D eigenvalue weighted by Crippen LogP contribution is -2.34. The second-order valence-electron chi connectivity index (χ2n) is 6.64. The van der Waals surface area contributed by atoms with Gasteiger partial charge < -0.3 is 4.74 Å². The molecule has 2 atom stereocenters. The van der Waals surface area contributed by atoms with E-state index in [0.29, 0.717) is 12.0 Å². The lowest BCUT2D eigenvalue weighted by atomic mass is 9.73. The number of allylic oxidation sites excluding steroid dienone is 2. The first-order valence-corrected chi connectivity index (χ1v) is 9.21. The van der Waals surface area contributed by atoms with Crippen molar-refractivity contribution in [3.63, 3.8) is 0 Å². The molecule has 0 amide bonds. The van der Waals surface area contributed by atoms with Crippen LogP contribution >= 0.6 is 11.6 Å². The molecule has 0 saturated heterocycles. The molecule has 1 aliphatic carbocycles. The molecule has 1 aliphatic rings. The summed E-state index contributed by atoms with van der Waals surface area (Å²) in [4.78, 5) is 25.3. The van der Waals surface area contributed by atoms with Gasteiger partial charge in [-0.05, 0) is 55.2 Å². The van der Waals surface area contributed by atoms with Crippen molar-refractivity contribution in [3.05, 3.63) is 76.1 Å². The van der Waals surface area contributed by atoms with Crippen LogP contribution in [0.1, 0.15) is 36.0 Å². The Kier molecular flexibility index (Phi) is 5.76. The van der Waals surface area contributed by atoms with Gasteiger partial charge in [-0.1, -0.05) is 47.5 Å². The van der Waals surface area contributed by atoms with E-state index in [0.717, 1.165) is 16.7 Å². The maximum absolute atomic E-state index is 13.5. The minimum Gasteiger partial charge on any atom is -0.465 e. The zero-order chi connectivity index (χ0) is 19.6. The number of carbonyl (C=O) groups excluding carboxylic acids is 2. The SMILES string of the molecule is CCOC(=O)[C@@H]1C(=O)C=C(c2ccc(C)cc2)C[C@@H]1c1ccc(F)cc1Cl. The van der Waals surface area contributed by atoms with Gasteiger partial charge in [0.2, 0.25) is 0 Å².